The lowest BCUT2D eigenvalue weighted by Gasteiger charge is -1.99. The lowest BCUT2D eigenvalue weighted by atomic mass is 10.4. The van der Waals surface area contributed by atoms with Gasteiger partial charge in [0.2, 0.25) is 0 Å². The van der Waals surface area contributed by atoms with Crippen LogP contribution in [0.4, 0.5) is 0 Å². The molecule has 0 saturated heterocycles. The molecule has 12 heavy (non-hydrogen) atoms. The van der Waals surface area contributed by atoms with Crippen LogP contribution in [-0.2, 0) is 0 Å². The molecule has 0 aliphatic rings. The average Bonchev–Trinajstić information content (AvgIpc) is 2.58. The molecule has 60 valence electrons. The fourth-order valence-corrected chi connectivity index (χ4v) is 1.04. The molecule has 2 rings (SSSR count). The molecule has 0 aliphatic heterocycles. The molecule has 2 heterocycles. The summed E-state index contributed by atoms with van der Waals surface area (Å²) in [4.78, 5) is 7.88. The Hall–Kier alpha value is -1.35. The summed E-state index contributed by atoms with van der Waals surface area (Å²) in [5, 5.41) is 0.499. The quantitative estimate of drug-likeness (QED) is 0.627. The zero-order valence-corrected chi connectivity index (χ0v) is 6.94. The van der Waals surface area contributed by atoms with E-state index in [2.05, 4.69) is 9.97 Å². The molecule has 0 bridgehead atoms. The van der Waals surface area contributed by atoms with Crippen molar-refractivity contribution in [3.05, 3.63) is 42.2 Å². The highest BCUT2D eigenvalue weighted by Crippen LogP contribution is 2.08. The Morgan fingerprint density at radius 1 is 1.33 bits per heavy atom. The summed E-state index contributed by atoms with van der Waals surface area (Å²) in [5.41, 5.74) is 0.955. The van der Waals surface area contributed by atoms with Crippen LogP contribution in [0.2, 0.25) is 5.15 Å². The van der Waals surface area contributed by atoms with Crippen molar-refractivity contribution in [2.24, 2.45) is 0 Å². The fraction of sp³-hybridized carbons (Fsp3) is 0. The van der Waals surface area contributed by atoms with Crippen LogP contribution in [0.3, 0.4) is 0 Å². The minimum absolute atomic E-state index is 0.499. The first-order valence-electron chi connectivity index (χ1n) is 3.46. The first-order valence-corrected chi connectivity index (χ1v) is 3.84. The van der Waals surface area contributed by atoms with Crippen LogP contribution >= 0.6 is 11.6 Å². The lowest BCUT2D eigenvalue weighted by molar-refractivity contribution is 1.04. The van der Waals surface area contributed by atoms with Gasteiger partial charge < -0.3 is 4.57 Å². The van der Waals surface area contributed by atoms with Crippen molar-refractivity contribution in [1.82, 2.24) is 14.5 Å². The van der Waals surface area contributed by atoms with E-state index in [4.69, 9.17) is 11.6 Å². The van der Waals surface area contributed by atoms with Crippen molar-refractivity contribution in [2.75, 3.05) is 0 Å². The van der Waals surface area contributed by atoms with Crippen LogP contribution in [0, 0.1) is 0 Å². The lowest BCUT2D eigenvalue weighted by Crippen LogP contribution is -1.89. The third-order valence-corrected chi connectivity index (χ3v) is 1.74. The van der Waals surface area contributed by atoms with Gasteiger partial charge in [0, 0.05) is 12.4 Å². The van der Waals surface area contributed by atoms with Crippen LogP contribution in [0.5, 0.6) is 0 Å². The minimum Gasteiger partial charge on any atom is -0.305 e. The second kappa shape index (κ2) is 2.95. The molecule has 0 saturated carbocycles. The van der Waals surface area contributed by atoms with E-state index in [1.54, 1.807) is 24.8 Å². The Morgan fingerprint density at radius 3 is 2.83 bits per heavy atom. The predicted molar refractivity (Wildman–Crippen MR) is 46.4 cm³/mol. The van der Waals surface area contributed by atoms with Crippen molar-refractivity contribution >= 4 is 11.6 Å². The van der Waals surface area contributed by atoms with Crippen LogP contribution in [0.25, 0.3) is 5.69 Å². The van der Waals surface area contributed by atoms with E-state index in [1.165, 1.54) is 0 Å². The number of nitrogens with zero attached hydrogens (tertiary/aromatic N) is 3. The zero-order chi connectivity index (χ0) is 8.39. The van der Waals surface area contributed by atoms with Gasteiger partial charge in [-0.2, -0.15) is 0 Å². The van der Waals surface area contributed by atoms with Crippen molar-refractivity contribution < 1.29 is 0 Å². The summed E-state index contributed by atoms with van der Waals surface area (Å²) in [5.74, 6) is 0. The van der Waals surface area contributed by atoms with E-state index in [-0.39, 0.29) is 0 Å². The highest BCUT2D eigenvalue weighted by atomic mass is 35.5. The maximum Gasteiger partial charge on any atom is 0.129 e. The smallest absolute Gasteiger partial charge is 0.129 e. The monoisotopic (exact) mass is 179 g/mol. The van der Waals surface area contributed by atoms with Crippen molar-refractivity contribution in [2.45, 2.75) is 0 Å². The number of hydrogen-bond donors (Lipinski definition) is 0. The molecular weight excluding hydrogens is 174 g/mol. The standard InChI is InChI=1S/C8H6ClN3/c9-8-2-1-7(5-11-8)12-4-3-10-6-12/h1-6H. The summed E-state index contributed by atoms with van der Waals surface area (Å²) >= 11 is 5.64. The van der Waals surface area contributed by atoms with Gasteiger partial charge in [-0.05, 0) is 12.1 Å². The highest BCUT2D eigenvalue weighted by molar-refractivity contribution is 6.29. The Bertz CT molecular complexity index is 352. The number of rotatable bonds is 1. The van der Waals surface area contributed by atoms with Gasteiger partial charge in [-0.25, -0.2) is 9.97 Å². The van der Waals surface area contributed by atoms with Gasteiger partial charge in [-0.1, -0.05) is 11.6 Å². The van der Waals surface area contributed by atoms with Crippen molar-refractivity contribution in [1.29, 1.82) is 0 Å². The molecule has 0 spiro atoms. The van der Waals surface area contributed by atoms with Crippen LogP contribution in [0.1, 0.15) is 0 Å². The topological polar surface area (TPSA) is 30.7 Å². The van der Waals surface area contributed by atoms with E-state index in [1.807, 2.05) is 16.8 Å². The Labute approximate surface area is 74.7 Å². The number of imidazole rings is 1. The SMILES string of the molecule is Clc1ccc(-n2ccnc2)cn1. The summed E-state index contributed by atoms with van der Waals surface area (Å²) < 4.78 is 1.86. The molecule has 0 aromatic carbocycles. The average molecular weight is 180 g/mol. The summed E-state index contributed by atoms with van der Waals surface area (Å²) in [6.07, 6.45) is 6.98. The molecule has 0 fully saturated rings. The van der Waals surface area contributed by atoms with Crippen molar-refractivity contribution in [3.8, 4) is 5.69 Å². The summed E-state index contributed by atoms with van der Waals surface area (Å²) in [6, 6.07) is 3.63. The minimum atomic E-state index is 0.499. The third kappa shape index (κ3) is 1.31. The molecule has 3 nitrogen and oxygen atoms in total. The van der Waals surface area contributed by atoms with Gasteiger partial charge >= 0.3 is 0 Å². The van der Waals surface area contributed by atoms with Crippen LogP contribution in [0.15, 0.2) is 37.1 Å². The summed E-state index contributed by atoms with van der Waals surface area (Å²) in [6.45, 7) is 0. The summed E-state index contributed by atoms with van der Waals surface area (Å²) in [7, 11) is 0. The molecule has 0 aliphatic carbocycles. The largest absolute Gasteiger partial charge is 0.305 e. The number of hydrogen-bond acceptors (Lipinski definition) is 2. The first-order chi connectivity index (χ1) is 5.86. The maximum atomic E-state index is 5.64. The Morgan fingerprint density at radius 2 is 2.25 bits per heavy atom. The van der Waals surface area contributed by atoms with E-state index in [9.17, 15) is 0 Å². The van der Waals surface area contributed by atoms with Gasteiger partial charge in [0.05, 0.1) is 18.2 Å². The van der Waals surface area contributed by atoms with Crippen molar-refractivity contribution in [3.63, 3.8) is 0 Å². The molecule has 0 unspecified atom stereocenters. The van der Waals surface area contributed by atoms with Gasteiger partial charge in [-0.15, -0.1) is 0 Å². The van der Waals surface area contributed by atoms with E-state index < -0.39 is 0 Å². The molecule has 4 heteroatoms. The molecule has 0 atom stereocenters. The Balaban J connectivity index is 2.43. The molecule has 0 amide bonds. The van der Waals surface area contributed by atoms with Gasteiger partial charge in [-0.3, -0.25) is 0 Å². The van der Waals surface area contributed by atoms with Gasteiger partial charge in [0.25, 0.3) is 0 Å². The number of pyridine rings is 1. The van der Waals surface area contributed by atoms with Gasteiger partial charge in [0.1, 0.15) is 5.15 Å². The maximum absolute atomic E-state index is 5.64. The first kappa shape index (κ1) is 7.31. The van der Waals surface area contributed by atoms with Crippen LogP contribution < -0.4 is 0 Å². The highest BCUT2D eigenvalue weighted by Gasteiger charge is 1.94. The molecular formula is C8H6ClN3. The Kier molecular flexibility index (Phi) is 1.80. The number of aromatic nitrogens is 3. The zero-order valence-electron chi connectivity index (χ0n) is 6.18. The van der Waals surface area contributed by atoms with E-state index in [0.717, 1.165) is 5.69 Å². The number of halogens is 1. The van der Waals surface area contributed by atoms with Crippen LogP contribution in [-0.4, -0.2) is 14.5 Å². The van der Waals surface area contributed by atoms with E-state index in [0.29, 0.717) is 5.15 Å². The molecule has 2 aromatic heterocycles. The predicted octanol–water partition coefficient (Wildman–Crippen LogP) is 1.92. The normalized spacial score (nSPS) is 10.1. The fourth-order valence-electron chi connectivity index (χ4n) is 0.933. The van der Waals surface area contributed by atoms with E-state index >= 15 is 0 Å². The van der Waals surface area contributed by atoms with Gasteiger partial charge in [0.15, 0.2) is 0 Å². The molecule has 0 N–H and O–H groups in total. The second-order valence-corrected chi connectivity index (χ2v) is 2.70. The molecule has 2 aromatic rings. The third-order valence-electron chi connectivity index (χ3n) is 1.51. The molecule has 0 radical (unpaired) electrons. The second-order valence-electron chi connectivity index (χ2n) is 2.31.